The Morgan fingerprint density at radius 2 is 1.76 bits per heavy atom. The molecular formula is C22H20F2N6O4. The molecule has 0 saturated carbocycles. The molecular weight excluding hydrogens is 450 g/mol. The van der Waals surface area contributed by atoms with Crippen LogP contribution in [0.4, 0.5) is 14.6 Å². The van der Waals surface area contributed by atoms with Gasteiger partial charge in [0.2, 0.25) is 0 Å². The quantitative estimate of drug-likeness (QED) is 0.394. The van der Waals surface area contributed by atoms with Gasteiger partial charge in [0, 0.05) is 24.7 Å². The Morgan fingerprint density at radius 3 is 2.47 bits per heavy atom. The van der Waals surface area contributed by atoms with E-state index in [1.165, 1.54) is 21.9 Å². The van der Waals surface area contributed by atoms with Gasteiger partial charge in [0.15, 0.2) is 17.5 Å². The number of hydrogen-bond donors (Lipinski definition) is 3. The van der Waals surface area contributed by atoms with Crippen molar-refractivity contribution in [2.75, 3.05) is 18.0 Å². The summed E-state index contributed by atoms with van der Waals surface area (Å²) in [5.41, 5.74) is 1.63. The normalized spacial score (nSPS) is 20.6. The van der Waals surface area contributed by atoms with Gasteiger partial charge in [-0.3, -0.25) is 4.68 Å². The van der Waals surface area contributed by atoms with Gasteiger partial charge in [0.05, 0.1) is 30.6 Å². The lowest BCUT2D eigenvalue weighted by Crippen LogP contribution is -2.55. The number of hydrogen-bond acceptors (Lipinski definition) is 9. The predicted octanol–water partition coefficient (Wildman–Crippen LogP) is 1.22. The molecule has 0 spiro atoms. The van der Waals surface area contributed by atoms with Crippen molar-refractivity contribution in [3.05, 3.63) is 66.1 Å². The van der Waals surface area contributed by atoms with Gasteiger partial charge < -0.3 is 24.7 Å². The molecule has 34 heavy (non-hydrogen) atoms. The average Bonchev–Trinajstić information content (AvgIpc) is 3.49. The molecule has 1 fully saturated rings. The van der Waals surface area contributed by atoms with E-state index in [0.29, 0.717) is 17.0 Å². The van der Waals surface area contributed by atoms with E-state index < -0.39 is 29.9 Å². The van der Waals surface area contributed by atoms with Crippen LogP contribution >= 0.6 is 0 Å². The van der Waals surface area contributed by atoms with E-state index in [0.717, 1.165) is 6.20 Å². The molecule has 1 aliphatic heterocycles. The minimum Gasteiger partial charge on any atom is -0.388 e. The summed E-state index contributed by atoms with van der Waals surface area (Å²) in [6, 6.07) is 9.54. The number of aliphatic hydroxyl groups excluding tert-OH is 3. The van der Waals surface area contributed by atoms with Crippen LogP contribution in [-0.4, -0.2) is 71.6 Å². The predicted molar refractivity (Wildman–Crippen MR) is 114 cm³/mol. The Morgan fingerprint density at radius 1 is 1.00 bits per heavy atom. The van der Waals surface area contributed by atoms with Gasteiger partial charge in [-0.2, -0.15) is 5.10 Å². The fourth-order valence-electron chi connectivity index (χ4n) is 3.86. The smallest absolute Gasteiger partial charge is 0.183 e. The lowest BCUT2D eigenvalue weighted by Gasteiger charge is -2.37. The summed E-state index contributed by atoms with van der Waals surface area (Å²) in [5.74, 6) is -1.23. The zero-order valence-corrected chi connectivity index (χ0v) is 17.7. The number of aliphatic hydroxyl groups is 3. The molecule has 4 heterocycles. The van der Waals surface area contributed by atoms with E-state index in [4.69, 9.17) is 4.52 Å². The first-order valence-corrected chi connectivity index (χ1v) is 10.4. The first-order valence-electron chi connectivity index (χ1n) is 10.4. The number of piperidine rings is 1. The van der Waals surface area contributed by atoms with Crippen LogP contribution in [0.3, 0.4) is 0 Å². The van der Waals surface area contributed by atoms with Crippen LogP contribution in [0.1, 0.15) is 5.56 Å². The molecule has 1 saturated heterocycles. The van der Waals surface area contributed by atoms with E-state index in [1.807, 2.05) is 0 Å². The molecule has 1 aliphatic rings. The van der Waals surface area contributed by atoms with Crippen LogP contribution in [0.5, 0.6) is 0 Å². The molecule has 0 bridgehead atoms. The molecule has 5 rings (SSSR count). The summed E-state index contributed by atoms with van der Waals surface area (Å²) < 4.78 is 35.3. The van der Waals surface area contributed by atoms with Gasteiger partial charge in [-0.25, -0.2) is 18.7 Å². The van der Waals surface area contributed by atoms with Crippen LogP contribution in [0, 0.1) is 11.6 Å². The summed E-state index contributed by atoms with van der Waals surface area (Å²) in [7, 11) is 0. The second kappa shape index (κ2) is 8.89. The van der Waals surface area contributed by atoms with E-state index in [2.05, 4.69) is 20.2 Å². The lowest BCUT2D eigenvalue weighted by molar-refractivity contribution is -0.0675. The minimum absolute atomic E-state index is 0.0727. The molecule has 3 aromatic heterocycles. The Bertz CT molecular complexity index is 1290. The Balaban J connectivity index is 1.53. The largest absolute Gasteiger partial charge is 0.388 e. The Labute approximate surface area is 191 Å². The number of halogens is 2. The third-order valence-corrected chi connectivity index (χ3v) is 5.62. The molecule has 0 aliphatic carbocycles. The van der Waals surface area contributed by atoms with E-state index in [1.54, 1.807) is 30.3 Å². The highest BCUT2D eigenvalue weighted by Crippen LogP contribution is 2.28. The highest BCUT2D eigenvalue weighted by molar-refractivity contribution is 5.63. The zero-order chi connectivity index (χ0) is 23.8. The van der Waals surface area contributed by atoms with Crippen molar-refractivity contribution >= 4 is 5.82 Å². The Hall–Kier alpha value is -3.74. The van der Waals surface area contributed by atoms with Crippen molar-refractivity contribution in [1.82, 2.24) is 24.9 Å². The van der Waals surface area contributed by atoms with Crippen molar-refractivity contribution in [3.8, 4) is 22.9 Å². The maximum absolute atomic E-state index is 14.6. The third-order valence-electron chi connectivity index (χ3n) is 5.62. The highest BCUT2D eigenvalue weighted by Gasteiger charge is 2.35. The number of aromatic nitrogens is 5. The molecule has 0 radical (unpaired) electrons. The molecule has 0 amide bonds. The van der Waals surface area contributed by atoms with Crippen LogP contribution in [0.2, 0.25) is 0 Å². The molecule has 1 unspecified atom stereocenters. The third kappa shape index (κ3) is 4.14. The first kappa shape index (κ1) is 22.1. The summed E-state index contributed by atoms with van der Waals surface area (Å²) in [5, 5.41) is 38.2. The molecule has 12 heteroatoms. The second-order valence-electron chi connectivity index (χ2n) is 7.94. The van der Waals surface area contributed by atoms with Crippen molar-refractivity contribution < 1.29 is 28.6 Å². The highest BCUT2D eigenvalue weighted by atomic mass is 19.1. The summed E-state index contributed by atoms with van der Waals surface area (Å²) in [6.07, 6.45) is -1.53. The van der Waals surface area contributed by atoms with Gasteiger partial charge in [0.25, 0.3) is 0 Å². The van der Waals surface area contributed by atoms with Gasteiger partial charge >= 0.3 is 0 Å². The standard InChI is InChI=1S/C22H20F2N6O4/c23-13-4-2-1-3-12(13)9-30-17(15-5-6-34-28-15)7-16(27-30)21-25-8-14(24)22(26-21)29-10-18(31)20(33)19(32)11-29/h1-8,18-20,31-33H,9-11H2/t18-,19+,20?. The maximum Gasteiger partial charge on any atom is 0.183 e. The van der Waals surface area contributed by atoms with Crippen molar-refractivity contribution in [1.29, 1.82) is 0 Å². The fraction of sp³-hybridized carbons (Fsp3) is 0.273. The second-order valence-corrected chi connectivity index (χ2v) is 7.94. The summed E-state index contributed by atoms with van der Waals surface area (Å²) >= 11 is 0. The number of nitrogens with zero attached hydrogens (tertiary/aromatic N) is 6. The first-order chi connectivity index (χ1) is 16.4. The minimum atomic E-state index is -1.33. The molecule has 4 aromatic rings. The number of β-amino-alcohol motifs (C(OH)–C–C–N with tert-alkyl or cyclic N) is 2. The van der Waals surface area contributed by atoms with E-state index in [-0.39, 0.29) is 37.0 Å². The van der Waals surface area contributed by atoms with E-state index >= 15 is 0 Å². The van der Waals surface area contributed by atoms with E-state index in [9.17, 15) is 24.1 Å². The molecule has 10 nitrogen and oxygen atoms in total. The topological polar surface area (TPSA) is 134 Å². The van der Waals surface area contributed by atoms with Crippen molar-refractivity contribution in [2.24, 2.45) is 0 Å². The van der Waals surface area contributed by atoms with Gasteiger partial charge in [-0.05, 0) is 12.1 Å². The molecule has 3 N–H and O–H groups in total. The fourth-order valence-corrected chi connectivity index (χ4v) is 3.86. The van der Waals surface area contributed by atoms with Crippen LogP contribution in [0.25, 0.3) is 22.9 Å². The molecule has 176 valence electrons. The number of benzene rings is 1. The van der Waals surface area contributed by atoms with Gasteiger partial charge in [0.1, 0.15) is 29.6 Å². The van der Waals surface area contributed by atoms with Crippen LogP contribution < -0.4 is 4.90 Å². The average molecular weight is 470 g/mol. The number of anilines is 1. The van der Waals surface area contributed by atoms with Crippen LogP contribution in [-0.2, 0) is 6.54 Å². The zero-order valence-electron chi connectivity index (χ0n) is 17.7. The number of rotatable bonds is 5. The van der Waals surface area contributed by atoms with Crippen LogP contribution in [0.15, 0.2) is 53.4 Å². The molecule has 3 atom stereocenters. The van der Waals surface area contributed by atoms with Crippen molar-refractivity contribution in [2.45, 2.75) is 24.9 Å². The summed E-state index contributed by atoms with van der Waals surface area (Å²) in [4.78, 5) is 9.63. The Kier molecular flexibility index (Phi) is 5.77. The SMILES string of the molecule is OC1[C@H](O)CN(c2nc(-c3cc(-c4ccon4)n(Cc4ccccc4F)n3)ncc2F)C[C@@H]1O. The van der Waals surface area contributed by atoms with Gasteiger partial charge in [-0.1, -0.05) is 23.4 Å². The maximum atomic E-state index is 14.6. The summed E-state index contributed by atoms with van der Waals surface area (Å²) in [6.45, 7) is -0.166. The lowest BCUT2D eigenvalue weighted by atomic mass is 10.0. The molecule has 1 aromatic carbocycles. The monoisotopic (exact) mass is 470 g/mol. The van der Waals surface area contributed by atoms with Gasteiger partial charge in [-0.15, -0.1) is 0 Å². The van der Waals surface area contributed by atoms with Crippen molar-refractivity contribution in [3.63, 3.8) is 0 Å².